The maximum absolute atomic E-state index is 12.4. The van der Waals surface area contributed by atoms with Crippen molar-refractivity contribution in [3.8, 4) is 0 Å². The van der Waals surface area contributed by atoms with Gasteiger partial charge in [-0.2, -0.15) is 8.42 Å². The molecule has 4 nitrogen and oxygen atoms in total. The third kappa shape index (κ3) is 3.64. The quantitative estimate of drug-likeness (QED) is 0.803. The Labute approximate surface area is 151 Å². The predicted molar refractivity (Wildman–Crippen MR) is 97.7 cm³/mol. The van der Waals surface area contributed by atoms with Crippen LogP contribution in [0.5, 0.6) is 0 Å². The molecule has 0 heterocycles. The van der Waals surface area contributed by atoms with Crippen LogP contribution in [0.3, 0.4) is 0 Å². The molecule has 0 spiro atoms. The molecule has 5 atom stereocenters. The predicted octanol–water partition coefficient (Wildman–Crippen LogP) is 3.91. The van der Waals surface area contributed by atoms with Crippen LogP contribution in [0.15, 0.2) is 29.2 Å². The van der Waals surface area contributed by atoms with Crippen LogP contribution in [0.4, 0.5) is 0 Å². The van der Waals surface area contributed by atoms with Gasteiger partial charge in [-0.15, -0.1) is 0 Å². The fourth-order valence-corrected chi connectivity index (χ4v) is 6.21. The van der Waals surface area contributed by atoms with E-state index in [1.165, 1.54) is 0 Å². The van der Waals surface area contributed by atoms with Crippen molar-refractivity contribution < 1.29 is 17.7 Å². The monoisotopic (exact) mass is 366 g/mol. The van der Waals surface area contributed by atoms with Crippen LogP contribution in [0.25, 0.3) is 0 Å². The highest BCUT2D eigenvalue weighted by molar-refractivity contribution is 7.86. The van der Waals surface area contributed by atoms with Gasteiger partial charge < -0.3 is 5.11 Å². The van der Waals surface area contributed by atoms with Crippen LogP contribution in [0.2, 0.25) is 0 Å². The summed E-state index contributed by atoms with van der Waals surface area (Å²) in [5.74, 6) is 0.906. The molecule has 5 heteroatoms. The van der Waals surface area contributed by atoms with Gasteiger partial charge in [-0.25, -0.2) is 0 Å². The zero-order valence-corrected chi connectivity index (χ0v) is 16.3. The van der Waals surface area contributed by atoms with Crippen molar-refractivity contribution in [2.45, 2.75) is 63.9 Å². The van der Waals surface area contributed by atoms with Gasteiger partial charge in [-0.1, -0.05) is 38.0 Å². The highest BCUT2D eigenvalue weighted by Gasteiger charge is 2.52. The van der Waals surface area contributed by atoms with Crippen LogP contribution in [0.1, 0.15) is 51.5 Å². The fourth-order valence-electron chi connectivity index (χ4n) is 5.21. The first-order valence-electron chi connectivity index (χ1n) is 9.38. The van der Waals surface area contributed by atoms with Gasteiger partial charge in [0, 0.05) is 0 Å². The van der Waals surface area contributed by atoms with E-state index >= 15 is 0 Å². The number of aryl methyl sites for hydroxylation is 1. The van der Waals surface area contributed by atoms with E-state index in [0.717, 1.165) is 37.7 Å². The number of rotatable bonds is 5. The molecule has 0 radical (unpaired) electrons. The molecule has 2 unspecified atom stereocenters. The minimum Gasteiger partial charge on any atom is -0.393 e. The van der Waals surface area contributed by atoms with Gasteiger partial charge in [0.1, 0.15) is 0 Å². The second kappa shape index (κ2) is 7.01. The van der Waals surface area contributed by atoms with Crippen LogP contribution in [0, 0.1) is 30.1 Å². The van der Waals surface area contributed by atoms with Crippen LogP contribution in [-0.4, -0.2) is 26.2 Å². The Bertz CT molecular complexity index is 697. The van der Waals surface area contributed by atoms with E-state index < -0.39 is 10.1 Å². The molecule has 2 aliphatic rings. The smallest absolute Gasteiger partial charge is 0.296 e. The number of benzene rings is 1. The van der Waals surface area contributed by atoms with Crippen molar-refractivity contribution in [2.75, 3.05) is 6.61 Å². The topological polar surface area (TPSA) is 63.6 Å². The number of aliphatic hydroxyl groups excluding tert-OH is 1. The third-order valence-electron chi connectivity index (χ3n) is 6.65. The number of hydrogen-bond donors (Lipinski definition) is 1. The lowest BCUT2D eigenvalue weighted by Crippen LogP contribution is -2.42. The van der Waals surface area contributed by atoms with Crippen molar-refractivity contribution >= 4 is 10.1 Å². The highest BCUT2D eigenvalue weighted by atomic mass is 32.2. The van der Waals surface area contributed by atoms with E-state index in [-0.39, 0.29) is 28.9 Å². The Kier molecular flexibility index (Phi) is 5.29. The summed E-state index contributed by atoms with van der Waals surface area (Å²) < 4.78 is 30.2. The van der Waals surface area contributed by atoms with Gasteiger partial charge >= 0.3 is 0 Å². The summed E-state index contributed by atoms with van der Waals surface area (Å²) in [6.45, 7) is 6.50. The zero-order chi connectivity index (χ0) is 18.2. The summed E-state index contributed by atoms with van der Waals surface area (Å²) in [7, 11) is -3.71. The Hall–Kier alpha value is -0.910. The Morgan fingerprint density at radius 2 is 1.92 bits per heavy atom. The minimum absolute atomic E-state index is 0.105. The SMILES string of the molecule is Cc1ccc(S(=O)(=O)OC[C@@H](C)[C@H]2CC[C@H]3C(O)CCCC23C)cc1. The van der Waals surface area contributed by atoms with E-state index in [0.29, 0.717) is 11.8 Å². The van der Waals surface area contributed by atoms with Crippen molar-refractivity contribution in [1.82, 2.24) is 0 Å². The molecule has 1 aromatic carbocycles. The molecular weight excluding hydrogens is 336 g/mol. The molecule has 0 amide bonds. The summed E-state index contributed by atoms with van der Waals surface area (Å²) in [5.41, 5.74) is 1.13. The van der Waals surface area contributed by atoms with Crippen LogP contribution >= 0.6 is 0 Å². The van der Waals surface area contributed by atoms with E-state index in [1.54, 1.807) is 24.3 Å². The van der Waals surface area contributed by atoms with Crippen molar-refractivity contribution in [2.24, 2.45) is 23.2 Å². The fraction of sp³-hybridized carbons (Fsp3) is 0.700. The van der Waals surface area contributed by atoms with Crippen molar-refractivity contribution in [1.29, 1.82) is 0 Å². The first-order valence-corrected chi connectivity index (χ1v) is 10.8. The number of fused-ring (bicyclic) bond motifs is 1. The van der Waals surface area contributed by atoms with E-state index in [1.807, 2.05) is 6.92 Å². The molecule has 3 rings (SSSR count). The molecule has 140 valence electrons. The molecule has 1 N–H and O–H groups in total. The summed E-state index contributed by atoms with van der Waals surface area (Å²) in [6, 6.07) is 6.76. The molecule has 0 aliphatic heterocycles. The molecule has 0 saturated heterocycles. The normalized spacial score (nSPS) is 33.8. The summed E-state index contributed by atoms with van der Waals surface area (Å²) >= 11 is 0. The van der Waals surface area contributed by atoms with E-state index in [4.69, 9.17) is 4.18 Å². The molecule has 0 bridgehead atoms. The van der Waals surface area contributed by atoms with Gasteiger partial charge in [0.2, 0.25) is 0 Å². The number of aliphatic hydroxyl groups is 1. The van der Waals surface area contributed by atoms with Gasteiger partial charge in [-0.3, -0.25) is 4.18 Å². The molecule has 1 aromatic rings. The second-order valence-electron chi connectivity index (χ2n) is 8.28. The standard InChI is InChI=1S/C20H30O4S/c1-14-6-8-16(9-7-14)25(22,23)24-13-15(2)17-10-11-18-19(21)5-4-12-20(17,18)3/h6-9,15,17-19,21H,4-5,10-13H2,1-3H3/t15-,17-,18+,19?,20?/m1/s1. The van der Waals surface area contributed by atoms with Crippen LogP contribution in [-0.2, 0) is 14.3 Å². The molecule has 25 heavy (non-hydrogen) atoms. The first-order chi connectivity index (χ1) is 11.7. The molecular formula is C20H30O4S. The Balaban J connectivity index is 1.66. The minimum atomic E-state index is -3.71. The van der Waals surface area contributed by atoms with Gasteiger partial charge in [0.15, 0.2) is 0 Å². The molecule has 0 aromatic heterocycles. The highest BCUT2D eigenvalue weighted by Crippen LogP contribution is 2.57. The molecule has 2 fully saturated rings. The van der Waals surface area contributed by atoms with E-state index in [2.05, 4.69) is 13.8 Å². The van der Waals surface area contributed by atoms with Gasteiger partial charge in [0.25, 0.3) is 10.1 Å². The van der Waals surface area contributed by atoms with Crippen molar-refractivity contribution in [3.05, 3.63) is 29.8 Å². The van der Waals surface area contributed by atoms with Gasteiger partial charge in [-0.05, 0) is 67.9 Å². The second-order valence-corrected chi connectivity index (χ2v) is 9.90. The molecule has 2 aliphatic carbocycles. The zero-order valence-electron chi connectivity index (χ0n) is 15.4. The Morgan fingerprint density at radius 3 is 2.60 bits per heavy atom. The maximum Gasteiger partial charge on any atom is 0.296 e. The number of hydrogen-bond acceptors (Lipinski definition) is 4. The van der Waals surface area contributed by atoms with E-state index in [9.17, 15) is 13.5 Å². The largest absolute Gasteiger partial charge is 0.393 e. The van der Waals surface area contributed by atoms with Gasteiger partial charge in [0.05, 0.1) is 17.6 Å². The lowest BCUT2D eigenvalue weighted by Gasteiger charge is -2.45. The summed E-state index contributed by atoms with van der Waals surface area (Å²) in [6.07, 6.45) is 4.96. The summed E-state index contributed by atoms with van der Waals surface area (Å²) in [4.78, 5) is 0.217. The maximum atomic E-state index is 12.4. The van der Waals surface area contributed by atoms with Crippen LogP contribution < -0.4 is 0 Å². The first kappa shape index (κ1) is 18.9. The average molecular weight is 367 g/mol. The Morgan fingerprint density at radius 1 is 1.24 bits per heavy atom. The lowest BCUT2D eigenvalue weighted by atomic mass is 9.62. The molecule has 2 saturated carbocycles. The van der Waals surface area contributed by atoms with Crippen molar-refractivity contribution in [3.63, 3.8) is 0 Å². The third-order valence-corrected chi connectivity index (χ3v) is 7.94. The lowest BCUT2D eigenvalue weighted by molar-refractivity contribution is -0.0307. The summed E-state index contributed by atoms with van der Waals surface area (Å²) in [5, 5.41) is 10.3. The average Bonchev–Trinajstić information content (AvgIpc) is 2.92.